The number of carboxylic acids is 1. The lowest BCUT2D eigenvalue weighted by molar-refractivity contribution is -0.150. The Hall–Kier alpha value is -4.15. The largest absolute Gasteiger partial charge is 0.477 e. The molecule has 2 amide bonds. The molecule has 0 spiro atoms. The van der Waals surface area contributed by atoms with Gasteiger partial charge in [-0.3, -0.25) is 19.3 Å². The zero-order chi connectivity index (χ0) is 28.1. The number of oxime groups is 1. The fraction of sp³-hybridized carbons (Fsp3) is 0.350. The van der Waals surface area contributed by atoms with Gasteiger partial charge in [0.1, 0.15) is 29.4 Å². The summed E-state index contributed by atoms with van der Waals surface area (Å²) in [4.78, 5) is 59.8. The Labute approximate surface area is 232 Å². The van der Waals surface area contributed by atoms with E-state index < -0.39 is 35.2 Å². The Kier molecular flexibility index (Phi) is 8.68. The molecule has 0 saturated carbocycles. The molecule has 4 rings (SSSR count). The van der Waals surface area contributed by atoms with E-state index in [-0.39, 0.29) is 52.0 Å². The Bertz CT molecular complexity index is 1410. The normalized spacial score (nSPS) is 18.6. The minimum Gasteiger partial charge on any atom is -0.477 e. The average Bonchev–Trinajstić information content (AvgIpc) is 3.55. The molecule has 204 valence electrons. The van der Waals surface area contributed by atoms with Crippen molar-refractivity contribution in [3.63, 3.8) is 0 Å². The number of ether oxygens (including phenoxy) is 1. The van der Waals surface area contributed by atoms with Crippen molar-refractivity contribution < 1.29 is 33.9 Å². The SMILES string of the molecule is C#CCO/N=C(/C(=O)NC1C(=O)N2C(C(=O)O)=C(CSc3nnnn3CC(=O)OC)CS[C@H]12)c1csc(N)n1. The van der Waals surface area contributed by atoms with Gasteiger partial charge >= 0.3 is 11.9 Å². The molecule has 2 aliphatic heterocycles. The lowest BCUT2D eigenvalue weighted by Crippen LogP contribution is -2.71. The first-order chi connectivity index (χ1) is 18.7. The molecule has 1 unspecified atom stereocenters. The second-order valence-corrected chi connectivity index (χ2v) is 10.5. The number of carbonyl (C=O) groups is 4. The lowest BCUT2D eigenvalue weighted by atomic mass is 10.0. The van der Waals surface area contributed by atoms with Gasteiger partial charge in [0.25, 0.3) is 11.8 Å². The number of nitrogens with one attached hydrogen (secondary N) is 1. The number of thiazole rings is 1. The van der Waals surface area contributed by atoms with Crippen LogP contribution >= 0.6 is 34.9 Å². The van der Waals surface area contributed by atoms with Crippen molar-refractivity contribution in [1.29, 1.82) is 0 Å². The second kappa shape index (κ2) is 12.1. The first kappa shape index (κ1) is 27.9. The molecule has 1 saturated heterocycles. The maximum absolute atomic E-state index is 13.0. The van der Waals surface area contributed by atoms with Crippen LogP contribution in [0.25, 0.3) is 0 Å². The van der Waals surface area contributed by atoms with E-state index in [0.29, 0.717) is 5.57 Å². The van der Waals surface area contributed by atoms with E-state index in [4.69, 9.17) is 17.0 Å². The molecule has 19 heteroatoms. The number of thioether (sulfide) groups is 2. The first-order valence-corrected chi connectivity index (χ1v) is 13.7. The minimum absolute atomic E-state index is 0.131. The topological polar surface area (TPSA) is 217 Å². The zero-order valence-corrected chi connectivity index (χ0v) is 22.4. The summed E-state index contributed by atoms with van der Waals surface area (Å²) in [6.07, 6.45) is 5.15. The van der Waals surface area contributed by atoms with Crippen LogP contribution in [0.3, 0.4) is 0 Å². The number of amides is 2. The monoisotopic (exact) mass is 593 g/mol. The maximum atomic E-state index is 13.0. The number of fused-ring (bicyclic) bond motifs is 1. The second-order valence-electron chi connectivity index (χ2n) is 7.59. The van der Waals surface area contributed by atoms with Crippen LogP contribution < -0.4 is 11.1 Å². The molecule has 2 aromatic rings. The summed E-state index contributed by atoms with van der Waals surface area (Å²) in [5.74, 6) is -0.632. The fourth-order valence-corrected chi connectivity index (χ4v) is 6.39. The number of tetrazole rings is 1. The maximum Gasteiger partial charge on any atom is 0.352 e. The van der Waals surface area contributed by atoms with Gasteiger partial charge in [-0.2, -0.15) is 0 Å². The zero-order valence-electron chi connectivity index (χ0n) is 20.0. The molecule has 0 aromatic carbocycles. The molecule has 2 atom stereocenters. The van der Waals surface area contributed by atoms with Crippen molar-refractivity contribution in [3.8, 4) is 12.3 Å². The molecule has 2 aromatic heterocycles. The minimum atomic E-state index is -1.30. The summed E-state index contributed by atoms with van der Waals surface area (Å²) in [7, 11) is 1.23. The Morgan fingerprint density at radius 2 is 2.23 bits per heavy atom. The third kappa shape index (κ3) is 5.97. The number of carbonyl (C=O) groups excluding carboxylic acids is 3. The average molecular weight is 594 g/mol. The van der Waals surface area contributed by atoms with Crippen molar-refractivity contribution in [1.82, 2.24) is 35.4 Å². The number of aromatic nitrogens is 5. The van der Waals surface area contributed by atoms with E-state index >= 15 is 0 Å². The predicted octanol–water partition coefficient (Wildman–Crippen LogP) is -1.23. The van der Waals surface area contributed by atoms with Gasteiger partial charge < -0.3 is 25.7 Å². The van der Waals surface area contributed by atoms with Crippen LogP contribution in [0.4, 0.5) is 5.13 Å². The summed E-state index contributed by atoms with van der Waals surface area (Å²) < 4.78 is 5.83. The van der Waals surface area contributed by atoms with Crippen LogP contribution in [-0.4, -0.2) is 101 Å². The van der Waals surface area contributed by atoms with E-state index in [1.54, 1.807) is 0 Å². The molecule has 0 radical (unpaired) electrons. The Morgan fingerprint density at radius 3 is 2.90 bits per heavy atom. The first-order valence-electron chi connectivity index (χ1n) is 10.8. The van der Waals surface area contributed by atoms with Gasteiger partial charge in [-0.15, -0.1) is 34.6 Å². The van der Waals surface area contributed by atoms with Crippen LogP contribution in [0, 0.1) is 12.3 Å². The fourth-order valence-electron chi connectivity index (χ4n) is 3.48. The number of carboxylic acid groups (broad SMARTS) is 1. The molecule has 4 N–H and O–H groups in total. The molecule has 0 aliphatic carbocycles. The van der Waals surface area contributed by atoms with E-state index in [2.05, 4.69) is 41.6 Å². The standard InChI is InChI=1S/C20H19N9O7S3/c1-3-4-36-25-12(10-8-38-19(21)22-10)15(31)23-13-16(32)29-14(18(33)34)9(6-37-17(13)29)7-39-20-24-26-27-28(20)5-11(30)35-2/h1,8,13,17H,4-7H2,2H3,(H2,21,22)(H,23,31)(H,33,34)/b25-12+/t13?,17-/m1/s1. The van der Waals surface area contributed by atoms with Crippen molar-refractivity contribution in [2.45, 2.75) is 23.1 Å². The van der Waals surface area contributed by atoms with Crippen LogP contribution in [0.15, 0.2) is 27.0 Å². The molecular formula is C20H19N9O7S3. The number of esters is 1. The highest BCUT2D eigenvalue weighted by Crippen LogP contribution is 2.41. The van der Waals surface area contributed by atoms with Gasteiger partial charge in [-0.1, -0.05) is 22.8 Å². The number of hydrogen-bond donors (Lipinski definition) is 3. The molecule has 1 fully saturated rings. The number of anilines is 1. The number of terminal acetylenes is 1. The highest BCUT2D eigenvalue weighted by atomic mass is 32.2. The molecule has 2 aliphatic rings. The Balaban J connectivity index is 1.47. The van der Waals surface area contributed by atoms with Crippen molar-refractivity contribution in [2.24, 2.45) is 5.16 Å². The van der Waals surface area contributed by atoms with Crippen LogP contribution in [-0.2, 0) is 35.3 Å². The number of aliphatic carboxylic acids is 1. The Morgan fingerprint density at radius 1 is 1.44 bits per heavy atom. The van der Waals surface area contributed by atoms with Gasteiger partial charge in [-0.05, 0) is 16.0 Å². The van der Waals surface area contributed by atoms with E-state index in [1.807, 2.05) is 0 Å². The van der Waals surface area contributed by atoms with Crippen molar-refractivity contribution >= 4 is 69.5 Å². The summed E-state index contributed by atoms with van der Waals surface area (Å²) in [5.41, 5.74) is 5.81. The number of nitrogen functional groups attached to an aromatic ring is 1. The number of nitrogens with two attached hydrogens (primary N) is 1. The predicted molar refractivity (Wildman–Crippen MR) is 138 cm³/mol. The number of β-lactam (4-membered cyclic amide) rings is 1. The number of rotatable bonds is 11. The van der Waals surface area contributed by atoms with E-state index in [1.165, 1.54) is 28.9 Å². The molecule has 0 bridgehead atoms. The van der Waals surface area contributed by atoms with Gasteiger partial charge in [0, 0.05) is 16.9 Å². The van der Waals surface area contributed by atoms with E-state index in [0.717, 1.165) is 28.0 Å². The van der Waals surface area contributed by atoms with Gasteiger partial charge in [0.2, 0.25) is 5.16 Å². The van der Waals surface area contributed by atoms with Crippen LogP contribution in [0.1, 0.15) is 5.69 Å². The summed E-state index contributed by atoms with van der Waals surface area (Å²) in [6.45, 7) is -0.417. The molecule has 16 nitrogen and oxygen atoms in total. The molecule has 39 heavy (non-hydrogen) atoms. The number of nitrogens with zero attached hydrogens (tertiary/aromatic N) is 7. The molecular weight excluding hydrogens is 574 g/mol. The summed E-state index contributed by atoms with van der Waals surface area (Å²) in [5, 5.41) is 28.6. The molecule has 4 heterocycles. The van der Waals surface area contributed by atoms with Gasteiger partial charge in [0.15, 0.2) is 17.5 Å². The number of hydrogen-bond acceptors (Lipinski definition) is 15. The van der Waals surface area contributed by atoms with Crippen LogP contribution in [0.2, 0.25) is 0 Å². The summed E-state index contributed by atoms with van der Waals surface area (Å²) >= 11 is 3.46. The third-order valence-electron chi connectivity index (χ3n) is 5.20. The number of methoxy groups -OCH3 is 1. The van der Waals surface area contributed by atoms with Crippen LogP contribution in [0.5, 0.6) is 0 Å². The quantitative estimate of drug-likeness (QED) is 0.0529. The van der Waals surface area contributed by atoms with Gasteiger partial charge in [0.05, 0.1) is 7.11 Å². The van der Waals surface area contributed by atoms with Crippen molar-refractivity contribution in [2.75, 3.05) is 31.0 Å². The van der Waals surface area contributed by atoms with E-state index in [9.17, 15) is 24.3 Å². The third-order valence-corrected chi connectivity index (χ3v) is 8.26. The highest BCUT2D eigenvalue weighted by Gasteiger charge is 2.54. The van der Waals surface area contributed by atoms with Gasteiger partial charge in [-0.25, -0.2) is 14.5 Å². The smallest absolute Gasteiger partial charge is 0.352 e. The van der Waals surface area contributed by atoms with Crippen molar-refractivity contribution in [3.05, 3.63) is 22.3 Å². The highest BCUT2D eigenvalue weighted by molar-refractivity contribution is 8.01. The lowest BCUT2D eigenvalue weighted by Gasteiger charge is -2.49. The summed E-state index contributed by atoms with van der Waals surface area (Å²) in [6, 6.07) is -1.02.